The molecular weight excluding hydrogens is 338 g/mol. The van der Waals surface area contributed by atoms with Gasteiger partial charge in [0.25, 0.3) is 0 Å². The van der Waals surface area contributed by atoms with Crippen LogP contribution in [0.3, 0.4) is 0 Å². The van der Waals surface area contributed by atoms with Crippen molar-refractivity contribution < 1.29 is 9.59 Å². The van der Waals surface area contributed by atoms with Crippen molar-refractivity contribution in [3.63, 3.8) is 0 Å². The van der Waals surface area contributed by atoms with Crippen LogP contribution in [0.2, 0.25) is 5.02 Å². The van der Waals surface area contributed by atoms with Crippen LogP contribution < -0.4 is 5.32 Å². The quantitative estimate of drug-likeness (QED) is 0.894. The second kappa shape index (κ2) is 8.56. The minimum absolute atomic E-state index is 0.0629. The molecule has 0 radical (unpaired) electrons. The standard InChI is InChI=1S/C19H26ClN3O2/c20-17-7-5-15(6-8-17)9-10-21-18(24)16-4-3-13-23(14-16)19(25)22-11-1-2-12-22/h5-8,16H,1-4,9-14H2,(H,21,24). The van der Waals surface area contributed by atoms with Gasteiger partial charge in [-0.25, -0.2) is 4.79 Å². The maximum absolute atomic E-state index is 12.5. The fourth-order valence-electron chi connectivity index (χ4n) is 3.60. The van der Waals surface area contributed by atoms with Gasteiger partial charge in [0, 0.05) is 37.7 Å². The fraction of sp³-hybridized carbons (Fsp3) is 0.579. The molecule has 5 nitrogen and oxygen atoms in total. The molecule has 0 spiro atoms. The molecule has 2 aliphatic rings. The fourth-order valence-corrected chi connectivity index (χ4v) is 3.72. The van der Waals surface area contributed by atoms with Gasteiger partial charge in [-0.3, -0.25) is 4.79 Å². The first kappa shape index (κ1) is 18.1. The Labute approximate surface area is 154 Å². The molecular formula is C19H26ClN3O2. The lowest BCUT2D eigenvalue weighted by molar-refractivity contribution is -0.126. The van der Waals surface area contributed by atoms with Crippen LogP contribution in [0.15, 0.2) is 24.3 Å². The van der Waals surface area contributed by atoms with Gasteiger partial charge in [-0.2, -0.15) is 0 Å². The molecule has 2 heterocycles. The number of benzene rings is 1. The Balaban J connectivity index is 1.44. The van der Waals surface area contributed by atoms with E-state index in [4.69, 9.17) is 11.6 Å². The van der Waals surface area contributed by atoms with E-state index in [2.05, 4.69) is 5.32 Å². The van der Waals surface area contributed by atoms with Crippen LogP contribution in [0.4, 0.5) is 4.79 Å². The summed E-state index contributed by atoms with van der Waals surface area (Å²) in [4.78, 5) is 28.7. The van der Waals surface area contributed by atoms with Crippen LogP contribution >= 0.6 is 11.6 Å². The molecule has 1 unspecified atom stereocenters. The Bertz CT molecular complexity index is 599. The van der Waals surface area contributed by atoms with Gasteiger partial charge >= 0.3 is 6.03 Å². The van der Waals surface area contributed by atoms with E-state index in [1.807, 2.05) is 34.1 Å². The third kappa shape index (κ3) is 4.88. The monoisotopic (exact) mass is 363 g/mol. The first-order chi connectivity index (χ1) is 12.1. The van der Waals surface area contributed by atoms with Gasteiger partial charge in [0.15, 0.2) is 0 Å². The molecule has 2 saturated heterocycles. The molecule has 1 aromatic carbocycles. The molecule has 1 aromatic rings. The predicted octanol–water partition coefficient (Wildman–Crippen LogP) is 2.93. The number of nitrogens with one attached hydrogen (secondary N) is 1. The zero-order valence-electron chi connectivity index (χ0n) is 14.5. The zero-order chi connectivity index (χ0) is 17.6. The maximum atomic E-state index is 12.5. The number of rotatable bonds is 4. The largest absolute Gasteiger partial charge is 0.355 e. The lowest BCUT2D eigenvalue weighted by Crippen LogP contribution is -2.49. The SMILES string of the molecule is O=C(NCCc1ccc(Cl)cc1)C1CCCN(C(=O)N2CCCC2)C1. The minimum atomic E-state index is -0.0921. The summed E-state index contributed by atoms with van der Waals surface area (Å²) in [5.41, 5.74) is 1.15. The van der Waals surface area contributed by atoms with Crippen LogP contribution in [-0.4, -0.2) is 54.5 Å². The molecule has 0 saturated carbocycles. The van der Waals surface area contributed by atoms with Gasteiger partial charge in [-0.15, -0.1) is 0 Å². The van der Waals surface area contributed by atoms with Crippen molar-refractivity contribution in [1.82, 2.24) is 15.1 Å². The smallest absolute Gasteiger partial charge is 0.320 e. The van der Waals surface area contributed by atoms with Crippen LogP contribution in [0, 0.1) is 5.92 Å². The summed E-state index contributed by atoms with van der Waals surface area (Å²) in [6, 6.07) is 7.79. The van der Waals surface area contributed by atoms with Gasteiger partial charge in [0.1, 0.15) is 0 Å². The van der Waals surface area contributed by atoms with Crippen LogP contribution in [0.1, 0.15) is 31.2 Å². The third-order valence-corrected chi connectivity index (χ3v) is 5.32. The molecule has 3 rings (SSSR count). The number of carbonyl (C=O) groups excluding carboxylic acids is 2. The number of halogens is 1. The molecule has 1 N–H and O–H groups in total. The summed E-state index contributed by atoms with van der Waals surface area (Å²) >= 11 is 5.88. The van der Waals surface area contributed by atoms with E-state index in [-0.39, 0.29) is 17.9 Å². The maximum Gasteiger partial charge on any atom is 0.320 e. The summed E-state index contributed by atoms with van der Waals surface area (Å²) in [5, 5.41) is 3.74. The first-order valence-electron chi connectivity index (χ1n) is 9.19. The second-order valence-corrected chi connectivity index (χ2v) is 7.37. The lowest BCUT2D eigenvalue weighted by Gasteiger charge is -2.34. The topological polar surface area (TPSA) is 52.7 Å². The Morgan fingerprint density at radius 1 is 1.04 bits per heavy atom. The van der Waals surface area contributed by atoms with Crippen molar-refractivity contribution >= 4 is 23.5 Å². The molecule has 1 atom stereocenters. The van der Waals surface area contributed by atoms with E-state index >= 15 is 0 Å². The average Bonchev–Trinajstić information content (AvgIpc) is 3.17. The number of urea groups is 1. The number of hydrogen-bond acceptors (Lipinski definition) is 2. The van der Waals surface area contributed by atoms with E-state index in [1.165, 1.54) is 0 Å². The molecule has 2 aliphatic heterocycles. The highest BCUT2D eigenvalue weighted by Crippen LogP contribution is 2.20. The van der Waals surface area contributed by atoms with Crippen molar-refractivity contribution in [3.05, 3.63) is 34.9 Å². The summed E-state index contributed by atoms with van der Waals surface area (Å²) in [6.07, 6.45) is 4.72. The highest BCUT2D eigenvalue weighted by Gasteiger charge is 2.31. The second-order valence-electron chi connectivity index (χ2n) is 6.93. The molecule has 25 heavy (non-hydrogen) atoms. The lowest BCUT2D eigenvalue weighted by atomic mass is 9.97. The van der Waals surface area contributed by atoms with Crippen molar-refractivity contribution in [2.75, 3.05) is 32.7 Å². The number of amides is 3. The molecule has 136 valence electrons. The van der Waals surface area contributed by atoms with Crippen LogP contribution in [0.5, 0.6) is 0 Å². The number of piperidine rings is 1. The summed E-state index contributed by atoms with van der Waals surface area (Å²) in [6.45, 7) is 3.63. The van der Waals surface area contributed by atoms with E-state index in [1.54, 1.807) is 0 Å². The first-order valence-corrected chi connectivity index (χ1v) is 9.57. The Hall–Kier alpha value is -1.75. The average molecular weight is 364 g/mol. The van der Waals surface area contributed by atoms with Gasteiger partial charge < -0.3 is 15.1 Å². The predicted molar refractivity (Wildman–Crippen MR) is 98.7 cm³/mol. The molecule has 0 bridgehead atoms. The number of likely N-dealkylation sites (tertiary alicyclic amines) is 2. The van der Waals surface area contributed by atoms with Gasteiger partial charge in [0.2, 0.25) is 5.91 Å². The van der Waals surface area contributed by atoms with Gasteiger partial charge in [0.05, 0.1) is 5.92 Å². The van der Waals surface area contributed by atoms with E-state index in [0.717, 1.165) is 62.3 Å². The highest BCUT2D eigenvalue weighted by atomic mass is 35.5. The van der Waals surface area contributed by atoms with Crippen molar-refractivity contribution in [2.45, 2.75) is 32.1 Å². The molecule has 2 fully saturated rings. The molecule has 6 heteroatoms. The summed E-state index contributed by atoms with van der Waals surface area (Å²) < 4.78 is 0. The number of hydrogen-bond donors (Lipinski definition) is 1. The number of carbonyl (C=O) groups is 2. The van der Waals surface area contributed by atoms with Crippen molar-refractivity contribution in [3.8, 4) is 0 Å². The Morgan fingerprint density at radius 3 is 2.44 bits per heavy atom. The number of nitrogens with zero attached hydrogens (tertiary/aromatic N) is 2. The van der Waals surface area contributed by atoms with Crippen molar-refractivity contribution in [1.29, 1.82) is 0 Å². The van der Waals surface area contributed by atoms with Crippen molar-refractivity contribution in [2.24, 2.45) is 5.92 Å². The van der Waals surface area contributed by atoms with E-state index < -0.39 is 0 Å². The normalized spacial score (nSPS) is 20.6. The molecule has 3 amide bonds. The third-order valence-electron chi connectivity index (χ3n) is 5.07. The van der Waals surface area contributed by atoms with E-state index in [9.17, 15) is 9.59 Å². The Kier molecular flexibility index (Phi) is 6.19. The van der Waals surface area contributed by atoms with Gasteiger partial charge in [-0.1, -0.05) is 23.7 Å². The summed E-state index contributed by atoms with van der Waals surface area (Å²) in [5.74, 6) is -0.0293. The van der Waals surface area contributed by atoms with Gasteiger partial charge in [-0.05, 0) is 49.8 Å². The minimum Gasteiger partial charge on any atom is -0.355 e. The molecule has 0 aromatic heterocycles. The van der Waals surface area contributed by atoms with Crippen LogP contribution in [0.25, 0.3) is 0 Å². The van der Waals surface area contributed by atoms with Crippen LogP contribution in [-0.2, 0) is 11.2 Å². The molecule has 0 aliphatic carbocycles. The van der Waals surface area contributed by atoms with E-state index in [0.29, 0.717) is 13.1 Å². The Morgan fingerprint density at radius 2 is 1.72 bits per heavy atom. The highest BCUT2D eigenvalue weighted by molar-refractivity contribution is 6.30. The summed E-state index contributed by atoms with van der Waals surface area (Å²) in [7, 11) is 0. The zero-order valence-corrected chi connectivity index (χ0v) is 15.3.